The molecule has 0 unspecified atom stereocenters. The molecule has 0 saturated carbocycles. The molecule has 0 aliphatic carbocycles. The van der Waals surface area contributed by atoms with Gasteiger partial charge >= 0.3 is 5.97 Å². The van der Waals surface area contributed by atoms with Crippen molar-refractivity contribution in [2.24, 2.45) is 0 Å². The number of aromatic nitrogens is 1. The minimum absolute atomic E-state index is 0.111. The molecule has 0 aliphatic rings. The van der Waals surface area contributed by atoms with Crippen LogP contribution in [0.5, 0.6) is 0 Å². The summed E-state index contributed by atoms with van der Waals surface area (Å²) in [6.45, 7) is 3.19. The topological polar surface area (TPSA) is 53.4 Å². The molecule has 0 bridgehead atoms. The molecule has 0 amide bonds. The Labute approximate surface area is 120 Å². The number of carbonyl (C=O) groups is 1. The normalized spacial score (nSPS) is 10.6. The first-order valence-corrected chi connectivity index (χ1v) is 6.92. The van der Waals surface area contributed by atoms with Crippen molar-refractivity contribution in [3.05, 3.63) is 34.9 Å². The van der Waals surface area contributed by atoms with E-state index in [1.54, 1.807) is 6.20 Å². The molecular formula is C14H15BrN2O2. The molecule has 0 fully saturated rings. The minimum Gasteiger partial charge on any atom is -0.481 e. The maximum atomic E-state index is 10.7. The Hall–Kier alpha value is -1.62. The number of carboxylic acid groups (broad SMARTS) is 1. The van der Waals surface area contributed by atoms with Crippen LogP contribution >= 0.6 is 15.9 Å². The Kier molecular flexibility index (Phi) is 4.37. The lowest BCUT2D eigenvalue weighted by Crippen LogP contribution is -2.26. The largest absolute Gasteiger partial charge is 0.481 e. The van der Waals surface area contributed by atoms with Crippen molar-refractivity contribution in [1.82, 2.24) is 4.98 Å². The standard InChI is InChI=1S/C14H15BrN2O2/c1-2-17(9-7-13(18)19)14-11-4-3-5-12(15)10(11)6-8-16-14/h3-6,8H,2,7,9H2,1H3,(H,18,19). The number of aliphatic carboxylic acids is 1. The summed E-state index contributed by atoms with van der Waals surface area (Å²) in [7, 11) is 0. The lowest BCUT2D eigenvalue weighted by Gasteiger charge is -2.22. The van der Waals surface area contributed by atoms with Gasteiger partial charge in [0.05, 0.1) is 6.42 Å². The number of hydrogen-bond acceptors (Lipinski definition) is 3. The second kappa shape index (κ2) is 6.02. The zero-order valence-electron chi connectivity index (χ0n) is 10.6. The van der Waals surface area contributed by atoms with Crippen LogP contribution in [-0.4, -0.2) is 29.1 Å². The van der Waals surface area contributed by atoms with Gasteiger partial charge in [-0.2, -0.15) is 0 Å². The van der Waals surface area contributed by atoms with E-state index in [0.717, 1.165) is 27.6 Å². The third-order valence-electron chi connectivity index (χ3n) is 3.01. The summed E-state index contributed by atoms with van der Waals surface area (Å²) >= 11 is 3.52. The van der Waals surface area contributed by atoms with Crippen LogP contribution in [0, 0.1) is 0 Å². The number of anilines is 1. The van der Waals surface area contributed by atoms with Crippen LogP contribution in [0.25, 0.3) is 10.8 Å². The van der Waals surface area contributed by atoms with E-state index in [2.05, 4.69) is 20.9 Å². The van der Waals surface area contributed by atoms with Gasteiger partial charge in [0.1, 0.15) is 5.82 Å². The summed E-state index contributed by atoms with van der Waals surface area (Å²) < 4.78 is 1.02. The van der Waals surface area contributed by atoms with Crippen molar-refractivity contribution in [3.63, 3.8) is 0 Å². The van der Waals surface area contributed by atoms with Crippen molar-refractivity contribution in [2.75, 3.05) is 18.0 Å². The van der Waals surface area contributed by atoms with Crippen LogP contribution in [0.15, 0.2) is 34.9 Å². The number of hydrogen-bond donors (Lipinski definition) is 1. The highest BCUT2D eigenvalue weighted by atomic mass is 79.9. The van der Waals surface area contributed by atoms with E-state index in [1.165, 1.54) is 0 Å². The number of benzene rings is 1. The number of carboxylic acids is 1. The molecule has 0 radical (unpaired) electrons. The maximum absolute atomic E-state index is 10.7. The maximum Gasteiger partial charge on any atom is 0.305 e. The zero-order chi connectivity index (χ0) is 13.8. The van der Waals surface area contributed by atoms with E-state index in [1.807, 2.05) is 36.1 Å². The first-order chi connectivity index (χ1) is 9.13. The van der Waals surface area contributed by atoms with Gasteiger partial charge in [0, 0.05) is 34.5 Å². The highest BCUT2D eigenvalue weighted by Gasteiger charge is 2.12. The van der Waals surface area contributed by atoms with Crippen molar-refractivity contribution in [3.8, 4) is 0 Å². The van der Waals surface area contributed by atoms with Crippen LogP contribution in [0.1, 0.15) is 13.3 Å². The predicted octanol–water partition coefficient (Wildman–Crippen LogP) is 3.30. The van der Waals surface area contributed by atoms with Gasteiger partial charge < -0.3 is 10.0 Å². The van der Waals surface area contributed by atoms with E-state index >= 15 is 0 Å². The average Bonchev–Trinajstić information content (AvgIpc) is 2.40. The van der Waals surface area contributed by atoms with Crippen LogP contribution in [0.2, 0.25) is 0 Å². The minimum atomic E-state index is -0.792. The number of rotatable bonds is 5. The van der Waals surface area contributed by atoms with Crippen LogP contribution in [0.4, 0.5) is 5.82 Å². The lowest BCUT2D eigenvalue weighted by molar-refractivity contribution is -0.136. The van der Waals surface area contributed by atoms with Gasteiger partial charge in [0.25, 0.3) is 0 Å². The number of halogens is 1. The van der Waals surface area contributed by atoms with Gasteiger partial charge in [-0.25, -0.2) is 4.98 Å². The fraction of sp³-hybridized carbons (Fsp3) is 0.286. The Balaban J connectivity index is 2.42. The molecule has 0 spiro atoms. The summed E-state index contributed by atoms with van der Waals surface area (Å²) in [5.41, 5.74) is 0. The van der Waals surface area contributed by atoms with Crippen molar-refractivity contribution in [1.29, 1.82) is 0 Å². The molecule has 1 N–H and O–H groups in total. The van der Waals surface area contributed by atoms with Crippen LogP contribution in [0.3, 0.4) is 0 Å². The smallest absolute Gasteiger partial charge is 0.305 e. The Bertz CT molecular complexity index is 601. The van der Waals surface area contributed by atoms with Gasteiger partial charge in [-0.15, -0.1) is 0 Å². The summed E-state index contributed by atoms with van der Waals surface area (Å²) in [6, 6.07) is 7.90. The Morgan fingerprint density at radius 1 is 1.37 bits per heavy atom. The highest BCUT2D eigenvalue weighted by molar-refractivity contribution is 9.10. The predicted molar refractivity (Wildman–Crippen MR) is 79.6 cm³/mol. The van der Waals surface area contributed by atoms with E-state index < -0.39 is 5.97 Å². The molecular weight excluding hydrogens is 308 g/mol. The van der Waals surface area contributed by atoms with E-state index in [9.17, 15) is 4.79 Å². The third-order valence-corrected chi connectivity index (χ3v) is 3.70. The van der Waals surface area contributed by atoms with Gasteiger partial charge in [-0.3, -0.25) is 4.79 Å². The first-order valence-electron chi connectivity index (χ1n) is 6.13. The highest BCUT2D eigenvalue weighted by Crippen LogP contribution is 2.29. The number of fused-ring (bicyclic) bond motifs is 1. The van der Waals surface area contributed by atoms with Gasteiger partial charge in [0.15, 0.2) is 0 Å². The second-order valence-corrected chi connectivity index (χ2v) is 5.05. The Morgan fingerprint density at radius 3 is 2.84 bits per heavy atom. The average molecular weight is 323 g/mol. The van der Waals surface area contributed by atoms with E-state index in [0.29, 0.717) is 6.54 Å². The van der Waals surface area contributed by atoms with Crippen molar-refractivity contribution in [2.45, 2.75) is 13.3 Å². The lowest BCUT2D eigenvalue weighted by atomic mass is 10.1. The summed E-state index contributed by atoms with van der Waals surface area (Å²) in [6.07, 6.45) is 1.87. The molecule has 0 atom stereocenters. The van der Waals surface area contributed by atoms with Crippen molar-refractivity contribution < 1.29 is 9.90 Å². The fourth-order valence-corrected chi connectivity index (χ4v) is 2.55. The van der Waals surface area contributed by atoms with E-state index in [4.69, 9.17) is 5.11 Å². The summed E-state index contributed by atoms with van der Waals surface area (Å²) in [5.74, 6) is 0.0439. The van der Waals surface area contributed by atoms with Gasteiger partial charge in [0.2, 0.25) is 0 Å². The third kappa shape index (κ3) is 3.04. The SMILES string of the molecule is CCN(CCC(=O)O)c1nccc2c(Br)cccc12. The molecule has 2 rings (SSSR count). The van der Waals surface area contributed by atoms with Crippen molar-refractivity contribution >= 4 is 38.5 Å². The molecule has 19 heavy (non-hydrogen) atoms. The molecule has 5 heteroatoms. The Morgan fingerprint density at radius 2 is 2.16 bits per heavy atom. The molecule has 1 heterocycles. The molecule has 100 valence electrons. The molecule has 0 saturated heterocycles. The van der Waals surface area contributed by atoms with Gasteiger partial charge in [-0.1, -0.05) is 28.1 Å². The summed E-state index contributed by atoms with van der Waals surface area (Å²) in [4.78, 5) is 17.1. The quantitative estimate of drug-likeness (QED) is 0.917. The molecule has 0 aliphatic heterocycles. The number of pyridine rings is 1. The number of nitrogens with zero attached hydrogens (tertiary/aromatic N) is 2. The fourth-order valence-electron chi connectivity index (χ4n) is 2.05. The molecule has 4 nitrogen and oxygen atoms in total. The van der Waals surface area contributed by atoms with Gasteiger partial charge in [-0.05, 0) is 19.1 Å². The van der Waals surface area contributed by atoms with Crippen LogP contribution in [-0.2, 0) is 4.79 Å². The molecule has 1 aromatic carbocycles. The van der Waals surface area contributed by atoms with E-state index in [-0.39, 0.29) is 6.42 Å². The van der Waals surface area contributed by atoms with Crippen LogP contribution < -0.4 is 4.90 Å². The molecule has 2 aromatic rings. The summed E-state index contributed by atoms with van der Waals surface area (Å²) in [5, 5.41) is 10.9. The first kappa shape index (κ1) is 13.8. The monoisotopic (exact) mass is 322 g/mol. The molecule has 1 aromatic heterocycles. The zero-order valence-corrected chi connectivity index (χ0v) is 12.2. The second-order valence-electron chi connectivity index (χ2n) is 4.19.